The molecule has 6 nitrogen and oxygen atoms in total. The number of hydrogen-bond acceptors (Lipinski definition) is 6. The zero-order chi connectivity index (χ0) is 12.6. The summed E-state index contributed by atoms with van der Waals surface area (Å²) in [4.78, 5) is 43.4. The number of imide groups is 1. The van der Waals surface area contributed by atoms with Crippen molar-refractivity contribution in [3.05, 3.63) is 15.6 Å². The molecule has 1 aliphatic heterocycles. The van der Waals surface area contributed by atoms with Crippen LogP contribution in [0.1, 0.15) is 33.2 Å². The maximum Gasteiger partial charge on any atom is 0.375 e. The fraction of sp³-hybridized carbons (Fsp3) is 0.400. The van der Waals surface area contributed by atoms with E-state index >= 15 is 0 Å². The van der Waals surface area contributed by atoms with Crippen LogP contribution in [0.3, 0.4) is 0 Å². The van der Waals surface area contributed by atoms with Crippen molar-refractivity contribution in [2.24, 2.45) is 0 Å². The van der Waals surface area contributed by atoms with Gasteiger partial charge in [-0.1, -0.05) is 0 Å². The van der Waals surface area contributed by atoms with Crippen LogP contribution in [0.2, 0.25) is 0 Å². The minimum absolute atomic E-state index is 0.0901. The quantitative estimate of drug-likeness (QED) is 0.735. The number of rotatable bonds is 2. The molecule has 0 aromatic carbocycles. The van der Waals surface area contributed by atoms with Gasteiger partial charge in [0.25, 0.3) is 11.8 Å². The van der Waals surface area contributed by atoms with Gasteiger partial charge < -0.3 is 4.84 Å². The molecule has 0 aliphatic carbocycles. The Hall–Kier alpha value is -1.76. The Morgan fingerprint density at radius 2 is 1.88 bits per heavy atom. The van der Waals surface area contributed by atoms with Gasteiger partial charge >= 0.3 is 5.97 Å². The third-order valence-corrected chi connectivity index (χ3v) is 3.32. The molecule has 1 aromatic rings. The van der Waals surface area contributed by atoms with Gasteiger partial charge in [-0.25, -0.2) is 9.78 Å². The van der Waals surface area contributed by atoms with Gasteiger partial charge in [-0.2, -0.15) is 0 Å². The van der Waals surface area contributed by atoms with E-state index in [0.29, 0.717) is 15.6 Å². The Morgan fingerprint density at radius 3 is 2.35 bits per heavy atom. The van der Waals surface area contributed by atoms with Crippen molar-refractivity contribution in [1.82, 2.24) is 10.0 Å². The highest BCUT2D eigenvalue weighted by Gasteiger charge is 2.33. The molecule has 0 bridgehead atoms. The number of thiazole rings is 1. The molecular formula is C10H10N2O4S. The van der Waals surface area contributed by atoms with E-state index in [1.54, 1.807) is 13.8 Å². The molecule has 2 rings (SSSR count). The topological polar surface area (TPSA) is 76.6 Å². The first kappa shape index (κ1) is 11.7. The minimum Gasteiger partial charge on any atom is -0.324 e. The molecule has 1 saturated heterocycles. The number of hydrogen-bond donors (Lipinski definition) is 0. The molecule has 0 atom stereocenters. The first-order valence-electron chi connectivity index (χ1n) is 5.01. The fourth-order valence-corrected chi connectivity index (χ4v) is 2.29. The van der Waals surface area contributed by atoms with Gasteiger partial charge in [0, 0.05) is 12.8 Å². The summed E-state index contributed by atoms with van der Waals surface area (Å²) < 4.78 is 0. The van der Waals surface area contributed by atoms with Crippen molar-refractivity contribution < 1.29 is 19.2 Å². The predicted molar refractivity (Wildman–Crippen MR) is 58.1 cm³/mol. The molecule has 2 heterocycles. The van der Waals surface area contributed by atoms with Crippen LogP contribution in [0.5, 0.6) is 0 Å². The standard InChI is InChI=1S/C10H10N2O4S/c1-5-9(17-6(2)11-5)10(15)16-12-7(13)3-4-8(12)14/h3-4H2,1-2H3. The molecule has 0 radical (unpaired) electrons. The van der Waals surface area contributed by atoms with Crippen LogP contribution in [-0.2, 0) is 14.4 Å². The van der Waals surface area contributed by atoms with Gasteiger partial charge in [-0.3, -0.25) is 9.59 Å². The van der Waals surface area contributed by atoms with E-state index in [0.717, 1.165) is 5.01 Å². The van der Waals surface area contributed by atoms with E-state index in [1.807, 2.05) is 0 Å². The third kappa shape index (κ3) is 2.19. The lowest BCUT2D eigenvalue weighted by molar-refractivity contribution is -0.172. The van der Waals surface area contributed by atoms with Crippen molar-refractivity contribution in [1.29, 1.82) is 0 Å². The van der Waals surface area contributed by atoms with Crippen molar-refractivity contribution in [3.8, 4) is 0 Å². The number of aryl methyl sites for hydroxylation is 2. The molecule has 0 N–H and O–H groups in total. The summed E-state index contributed by atoms with van der Waals surface area (Å²) >= 11 is 1.17. The molecule has 7 heteroatoms. The van der Waals surface area contributed by atoms with Crippen LogP contribution in [0.25, 0.3) is 0 Å². The van der Waals surface area contributed by atoms with Crippen molar-refractivity contribution in [2.75, 3.05) is 0 Å². The van der Waals surface area contributed by atoms with Gasteiger partial charge in [0.2, 0.25) is 0 Å². The van der Waals surface area contributed by atoms with Crippen molar-refractivity contribution in [3.63, 3.8) is 0 Å². The largest absolute Gasteiger partial charge is 0.375 e. The van der Waals surface area contributed by atoms with Gasteiger partial charge in [0.05, 0.1) is 10.7 Å². The Balaban J connectivity index is 2.14. The second-order valence-electron chi connectivity index (χ2n) is 3.61. The maximum absolute atomic E-state index is 11.7. The van der Waals surface area contributed by atoms with Crippen LogP contribution >= 0.6 is 11.3 Å². The number of carbonyl (C=O) groups excluding carboxylic acids is 3. The van der Waals surface area contributed by atoms with Gasteiger partial charge in [0.15, 0.2) is 0 Å². The van der Waals surface area contributed by atoms with Crippen molar-refractivity contribution in [2.45, 2.75) is 26.7 Å². The maximum atomic E-state index is 11.7. The summed E-state index contributed by atoms with van der Waals surface area (Å²) in [5.74, 6) is -1.68. The molecule has 0 unspecified atom stereocenters. The van der Waals surface area contributed by atoms with Gasteiger partial charge in [-0.05, 0) is 13.8 Å². The van der Waals surface area contributed by atoms with Crippen LogP contribution in [0, 0.1) is 13.8 Å². The molecular weight excluding hydrogens is 244 g/mol. The number of aromatic nitrogens is 1. The van der Waals surface area contributed by atoms with E-state index in [1.165, 1.54) is 11.3 Å². The van der Waals surface area contributed by atoms with E-state index in [-0.39, 0.29) is 12.8 Å². The van der Waals surface area contributed by atoms with Crippen LogP contribution < -0.4 is 0 Å². The van der Waals surface area contributed by atoms with Crippen LogP contribution in [-0.4, -0.2) is 27.8 Å². The molecule has 1 aliphatic rings. The van der Waals surface area contributed by atoms with E-state index < -0.39 is 17.8 Å². The summed E-state index contributed by atoms with van der Waals surface area (Å²) in [6, 6.07) is 0. The van der Waals surface area contributed by atoms with Crippen molar-refractivity contribution >= 4 is 29.1 Å². The highest BCUT2D eigenvalue weighted by Crippen LogP contribution is 2.20. The zero-order valence-corrected chi connectivity index (χ0v) is 10.2. The number of amides is 2. The van der Waals surface area contributed by atoms with E-state index in [2.05, 4.69) is 4.98 Å². The predicted octanol–water partition coefficient (Wildman–Crippen LogP) is 0.981. The molecule has 1 aromatic heterocycles. The normalized spacial score (nSPS) is 15.5. The molecule has 1 fully saturated rings. The average molecular weight is 254 g/mol. The first-order chi connectivity index (χ1) is 7.99. The smallest absolute Gasteiger partial charge is 0.324 e. The van der Waals surface area contributed by atoms with E-state index in [4.69, 9.17) is 4.84 Å². The Labute approximate surface area is 101 Å². The highest BCUT2D eigenvalue weighted by atomic mass is 32.1. The average Bonchev–Trinajstić information content (AvgIpc) is 2.74. The molecule has 0 saturated carbocycles. The molecule has 0 spiro atoms. The summed E-state index contributed by atoms with van der Waals surface area (Å²) in [6.07, 6.45) is 0.180. The summed E-state index contributed by atoms with van der Waals surface area (Å²) in [5, 5.41) is 1.27. The molecule has 2 amide bonds. The Kier molecular flexibility index (Phi) is 2.93. The number of carbonyl (C=O) groups is 3. The van der Waals surface area contributed by atoms with E-state index in [9.17, 15) is 14.4 Å². The summed E-state index contributed by atoms with van der Waals surface area (Å²) in [7, 11) is 0. The second kappa shape index (κ2) is 4.25. The number of nitrogens with zero attached hydrogens (tertiary/aromatic N) is 2. The van der Waals surface area contributed by atoms with Crippen LogP contribution in [0.4, 0.5) is 0 Å². The lowest BCUT2D eigenvalue weighted by Gasteiger charge is -2.11. The molecule has 90 valence electrons. The monoisotopic (exact) mass is 254 g/mol. The SMILES string of the molecule is Cc1nc(C)c(C(=O)ON2C(=O)CCC2=O)s1. The highest BCUT2D eigenvalue weighted by molar-refractivity contribution is 7.13. The Morgan fingerprint density at radius 1 is 1.29 bits per heavy atom. The van der Waals surface area contributed by atoms with Gasteiger partial charge in [-0.15, -0.1) is 16.4 Å². The second-order valence-corrected chi connectivity index (χ2v) is 4.81. The number of hydroxylamine groups is 2. The molecule has 17 heavy (non-hydrogen) atoms. The third-order valence-electron chi connectivity index (χ3n) is 2.27. The minimum atomic E-state index is -0.711. The fourth-order valence-electron chi connectivity index (χ4n) is 1.50. The summed E-state index contributed by atoms with van der Waals surface area (Å²) in [6.45, 7) is 3.44. The lowest BCUT2D eigenvalue weighted by Crippen LogP contribution is -2.32. The zero-order valence-electron chi connectivity index (χ0n) is 9.35. The lowest BCUT2D eigenvalue weighted by atomic mass is 10.4. The van der Waals surface area contributed by atoms with Crippen LogP contribution in [0.15, 0.2) is 0 Å². The first-order valence-corrected chi connectivity index (χ1v) is 5.83. The van der Waals surface area contributed by atoms with Gasteiger partial charge in [0.1, 0.15) is 4.88 Å². The summed E-state index contributed by atoms with van der Waals surface area (Å²) in [5.41, 5.74) is 0.539. The Bertz CT molecular complexity index is 492.